The van der Waals surface area contributed by atoms with Crippen LogP contribution < -0.4 is 16.4 Å². The van der Waals surface area contributed by atoms with Gasteiger partial charge in [-0.05, 0) is 59.3 Å². The van der Waals surface area contributed by atoms with Crippen molar-refractivity contribution in [1.29, 1.82) is 0 Å². The highest BCUT2D eigenvalue weighted by molar-refractivity contribution is 7.90. The van der Waals surface area contributed by atoms with Crippen LogP contribution >= 0.6 is 0 Å². The summed E-state index contributed by atoms with van der Waals surface area (Å²) in [6.07, 6.45) is -1.78. The van der Waals surface area contributed by atoms with Gasteiger partial charge in [-0.2, -0.15) is 13.2 Å². The number of nitrogens with zero attached hydrogens (tertiary/aromatic N) is 1. The third-order valence-corrected chi connectivity index (χ3v) is 7.79. The number of sulfone groups is 1. The van der Waals surface area contributed by atoms with Crippen LogP contribution in [-0.4, -0.2) is 37.7 Å². The molecule has 0 fully saturated rings. The SMILES string of the molecule is CCCc1cccc(C(Nc2ccc3c(N)nccc3c2)(OC(=O)C(F)(F)F)C(=O)NCc2ccccc2S(C)(=O)=O)c1. The molecule has 0 radical (unpaired) electrons. The number of hydrogen-bond acceptors (Lipinski definition) is 8. The average Bonchev–Trinajstić information content (AvgIpc) is 2.95. The summed E-state index contributed by atoms with van der Waals surface area (Å²) in [7, 11) is -3.71. The summed E-state index contributed by atoms with van der Waals surface area (Å²) in [6, 6.07) is 18.1. The number of aromatic nitrogens is 1. The molecule has 0 aliphatic rings. The van der Waals surface area contributed by atoms with E-state index in [2.05, 4.69) is 15.6 Å². The second kappa shape index (κ2) is 12.3. The second-order valence-electron chi connectivity index (χ2n) is 9.84. The number of anilines is 2. The first-order valence-corrected chi connectivity index (χ1v) is 15.0. The largest absolute Gasteiger partial charge is 0.491 e. The first-order chi connectivity index (χ1) is 20.2. The third-order valence-electron chi connectivity index (χ3n) is 6.60. The van der Waals surface area contributed by atoms with Crippen LogP contribution in [0.15, 0.2) is 83.9 Å². The molecule has 0 saturated heterocycles. The van der Waals surface area contributed by atoms with Gasteiger partial charge in [0.1, 0.15) is 5.82 Å². The molecule has 1 amide bonds. The van der Waals surface area contributed by atoms with Crippen LogP contribution in [-0.2, 0) is 42.9 Å². The molecule has 0 spiro atoms. The quantitative estimate of drug-likeness (QED) is 0.170. The van der Waals surface area contributed by atoms with Crippen molar-refractivity contribution in [3.63, 3.8) is 0 Å². The summed E-state index contributed by atoms with van der Waals surface area (Å²) in [5, 5.41) is 6.33. The Bertz CT molecular complexity index is 1780. The molecule has 13 heteroatoms. The van der Waals surface area contributed by atoms with Crippen LogP contribution in [0.3, 0.4) is 0 Å². The predicted molar refractivity (Wildman–Crippen MR) is 155 cm³/mol. The fraction of sp³-hybridized carbons (Fsp3) is 0.233. The first-order valence-electron chi connectivity index (χ1n) is 13.1. The summed E-state index contributed by atoms with van der Waals surface area (Å²) in [4.78, 5) is 30.4. The van der Waals surface area contributed by atoms with Gasteiger partial charge in [0, 0.05) is 35.6 Å². The van der Waals surface area contributed by atoms with Gasteiger partial charge in [-0.25, -0.2) is 18.2 Å². The molecular formula is C30H29F3N4O5S. The standard InChI is InChI=1S/C30H29F3N4O5S/c1-3-7-19-8-6-10-22(16-19)29(42-28(39)30(31,32)33,37-23-12-13-24-20(17-23)14-15-35-26(24)34)27(38)36-18-21-9-4-5-11-25(21)43(2,40)41/h4-6,8-17,37H,3,7,18H2,1-2H3,(H2,34,35)(H,36,38). The molecule has 0 aliphatic carbocycles. The highest BCUT2D eigenvalue weighted by atomic mass is 32.2. The number of nitrogens with one attached hydrogen (secondary N) is 2. The fourth-order valence-corrected chi connectivity index (χ4v) is 5.56. The van der Waals surface area contributed by atoms with Gasteiger partial charge in [-0.3, -0.25) is 4.79 Å². The predicted octanol–water partition coefficient (Wildman–Crippen LogP) is 4.86. The topological polar surface area (TPSA) is 140 Å². The normalized spacial score (nSPS) is 13.2. The number of amides is 1. The van der Waals surface area contributed by atoms with E-state index in [1.54, 1.807) is 24.3 Å². The lowest BCUT2D eigenvalue weighted by Crippen LogP contribution is -2.54. The lowest BCUT2D eigenvalue weighted by Gasteiger charge is -2.34. The number of benzene rings is 3. The fourth-order valence-electron chi connectivity index (χ4n) is 4.62. The average molecular weight is 615 g/mol. The van der Waals surface area contributed by atoms with Gasteiger partial charge in [-0.1, -0.05) is 49.7 Å². The number of hydrogen-bond donors (Lipinski definition) is 3. The smallest absolute Gasteiger partial charge is 0.418 e. The molecule has 43 heavy (non-hydrogen) atoms. The molecule has 0 aliphatic heterocycles. The van der Waals surface area contributed by atoms with Gasteiger partial charge >= 0.3 is 12.1 Å². The van der Waals surface area contributed by atoms with E-state index in [0.717, 1.165) is 6.26 Å². The number of nitrogens with two attached hydrogens (primary N) is 1. The van der Waals surface area contributed by atoms with Crippen LogP contribution in [0.5, 0.6) is 0 Å². The lowest BCUT2D eigenvalue weighted by molar-refractivity contribution is -0.213. The van der Waals surface area contributed by atoms with Crippen molar-refractivity contribution in [1.82, 2.24) is 10.3 Å². The van der Waals surface area contributed by atoms with Crippen LogP contribution in [0.2, 0.25) is 0 Å². The van der Waals surface area contributed by atoms with E-state index in [9.17, 15) is 31.2 Å². The van der Waals surface area contributed by atoms with Gasteiger partial charge in [0.25, 0.3) is 11.6 Å². The molecule has 1 heterocycles. The number of fused-ring (bicyclic) bond motifs is 1. The zero-order valence-corrected chi connectivity index (χ0v) is 24.1. The lowest BCUT2D eigenvalue weighted by atomic mass is 9.96. The molecule has 4 N–H and O–H groups in total. The molecule has 1 unspecified atom stereocenters. The van der Waals surface area contributed by atoms with Crippen molar-refractivity contribution in [3.8, 4) is 0 Å². The Morgan fingerprint density at radius 1 is 1.00 bits per heavy atom. The van der Waals surface area contributed by atoms with Crippen molar-refractivity contribution in [2.75, 3.05) is 17.3 Å². The minimum Gasteiger partial charge on any atom is -0.418 e. The molecule has 9 nitrogen and oxygen atoms in total. The molecule has 4 aromatic rings. The maximum absolute atomic E-state index is 14.1. The summed E-state index contributed by atoms with van der Waals surface area (Å²) in [6.45, 7) is 1.51. The first kappa shape index (κ1) is 31.3. The number of pyridine rings is 1. The van der Waals surface area contributed by atoms with E-state index in [1.165, 1.54) is 54.7 Å². The number of ether oxygens (including phenoxy) is 1. The minimum absolute atomic E-state index is 0.0770. The molecule has 0 bridgehead atoms. The van der Waals surface area contributed by atoms with Crippen LogP contribution in [0.25, 0.3) is 10.8 Å². The zero-order valence-electron chi connectivity index (χ0n) is 23.2. The highest BCUT2D eigenvalue weighted by Gasteiger charge is 2.51. The van der Waals surface area contributed by atoms with E-state index in [1.807, 2.05) is 6.92 Å². The molecule has 1 atom stereocenters. The van der Waals surface area contributed by atoms with E-state index in [-0.39, 0.29) is 27.5 Å². The molecule has 1 aromatic heterocycles. The van der Waals surface area contributed by atoms with Crippen molar-refractivity contribution in [2.45, 2.75) is 43.1 Å². The number of rotatable bonds is 10. The van der Waals surface area contributed by atoms with E-state index >= 15 is 0 Å². The molecule has 0 saturated carbocycles. The van der Waals surface area contributed by atoms with E-state index in [4.69, 9.17) is 10.5 Å². The van der Waals surface area contributed by atoms with Crippen molar-refractivity contribution in [2.24, 2.45) is 0 Å². The summed E-state index contributed by atoms with van der Waals surface area (Å²) in [5.74, 6) is -3.56. The zero-order chi connectivity index (χ0) is 31.4. The second-order valence-corrected chi connectivity index (χ2v) is 11.8. The summed E-state index contributed by atoms with van der Waals surface area (Å²) < 4.78 is 70.7. The number of carbonyl (C=O) groups excluding carboxylic acids is 2. The molecular weight excluding hydrogens is 585 g/mol. The molecule has 4 rings (SSSR count). The van der Waals surface area contributed by atoms with Crippen molar-refractivity contribution < 1.29 is 35.9 Å². The number of halogens is 3. The van der Waals surface area contributed by atoms with Crippen LogP contribution in [0.4, 0.5) is 24.7 Å². The van der Waals surface area contributed by atoms with Crippen LogP contribution in [0.1, 0.15) is 30.0 Å². The summed E-state index contributed by atoms with van der Waals surface area (Å²) in [5.41, 5.74) is 4.11. The van der Waals surface area contributed by atoms with Gasteiger partial charge in [0.05, 0.1) is 4.90 Å². The Labute approximate surface area is 246 Å². The van der Waals surface area contributed by atoms with Crippen molar-refractivity contribution >= 4 is 44.0 Å². The monoisotopic (exact) mass is 614 g/mol. The Hall–Kier alpha value is -4.65. The van der Waals surface area contributed by atoms with Gasteiger partial charge in [0.15, 0.2) is 9.84 Å². The number of aryl methyl sites for hydroxylation is 1. The number of alkyl halides is 3. The Kier molecular flexibility index (Phi) is 8.95. The van der Waals surface area contributed by atoms with Gasteiger partial charge < -0.3 is 21.1 Å². The number of esters is 1. The maximum Gasteiger partial charge on any atom is 0.491 e. The van der Waals surface area contributed by atoms with E-state index in [0.29, 0.717) is 29.2 Å². The van der Waals surface area contributed by atoms with E-state index < -0.39 is 40.2 Å². The van der Waals surface area contributed by atoms with Crippen LogP contribution in [0, 0.1) is 0 Å². The third kappa shape index (κ3) is 7.05. The Morgan fingerprint density at radius 3 is 2.44 bits per heavy atom. The minimum atomic E-state index is -5.44. The van der Waals surface area contributed by atoms with Gasteiger partial charge in [-0.15, -0.1) is 0 Å². The summed E-state index contributed by atoms with van der Waals surface area (Å²) >= 11 is 0. The number of carbonyl (C=O) groups is 2. The molecule has 3 aromatic carbocycles. The van der Waals surface area contributed by atoms with Gasteiger partial charge in [0.2, 0.25) is 0 Å². The molecule has 226 valence electrons. The highest BCUT2D eigenvalue weighted by Crippen LogP contribution is 2.34. The Balaban J connectivity index is 1.87. The van der Waals surface area contributed by atoms with Crippen molar-refractivity contribution in [3.05, 3.63) is 95.7 Å². The maximum atomic E-state index is 14.1. The Morgan fingerprint density at radius 2 is 1.74 bits per heavy atom. The number of nitrogen functional groups attached to an aromatic ring is 1.